The van der Waals surface area contributed by atoms with Crippen molar-refractivity contribution in [1.82, 2.24) is 9.80 Å². The Balaban J connectivity index is 1.20. The van der Waals surface area contributed by atoms with Gasteiger partial charge in [0.15, 0.2) is 0 Å². The lowest BCUT2D eigenvalue weighted by atomic mass is 9.65. The molecule has 2 saturated heterocycles. The number of nitrogens with two attached hydrogens (primary N) is 2. The summed E-state index contributed by atoms with van der Waals surface area (Å²) in [5.74, 6) is 1.78. The van der Waals surface area contributed by atoms with E-state index in [0.29, 0.717) is 17.5 Å². The molecule has 2 heterocycles. The predicted molar refractivity (Wildman–Crippen MR) is 99.8 cm³/mol. The molecule has 138 valence electrons. The average Bonchev–Trinajstić information content (AvgIpc) is 3.16. The van der Waals surface area contributed by atoms with Crippen LogP contribution in [0.15, 0.2) is 0 Å². The van der Waals surface area contributed by atoms with Gasteiger partial charge in [0.25, 0.3) is 0 Å². The number of nitrogens with zero attached hydrogens (tertiary/aromatic N) is 2. The lowest BCUT2D eigenvalue weighted by Gasteiger charge is -2.44. The fraction of sp³-hybridized carbons (Fsp3) is 1.00. The van der Waals surface area contributed by atoms with Crippen molar-refractivity contribution in [1.29, 1.82) is 0 Å². The average molecular weight is 335 g/mol. The largest absolute Gasteiger partial charge is 0.328 e. The zero-order chi connectivity index (χ0) is 16.9. The van der Waals surface area contributed by atoms with Crippen LogP contribution in [0.25, 0.3) is 0 Å². The molecule has 0 bridgehead atoms. The zero-order valence-electron chi connectivity index (χ0n) is 15.8. The second kappa shape index (κ2) is 6.53. The van der Waals surface area contributed by atoms with Crippen LogP contribution >= 0.6 is 0 Å². The van der Waals surface area contributed by atoms with Gasteiger partial charge in [-0.3, -0.25) is 0 Å². The second-order valence-corrected chi connectivity index (χ2v) is 9.87. The van der Waals surface area contributed by atoms with Gasteiger partial charge in [0.2, 0.25) is 0 Å². The summed E-state index contributed by atoms with van der Waals surface area (Å²) >= 11 is 0. The first-order valence-corrected chi connectivity index (χ1v) is 10.4. The van der Waals surface area contributed by atoms with Gasteiger partial charge in [-0.25, -0.2) is 0 Å². The van der Waals surface area contributed by atoms with Crippen molar-refractivity contribution >= 4 is 0 Å². The van der Waals surface area contributed by atoms with Crippen molar-refractivity contribution in [3.05, 3.63) is 0 Å². The molecule has 4 heteroatoms. The van der Waals surface area contributed by atoms with Crippen LogP contribution in [-0.2, 0) is 0 Å². The molecule has 2 aliphatic heterocycles. The molecule has 4 nitrogen and oxygen atoms in total. The Morgan fingerprint density at radius 2 is 1.50 bits per heavy atom. The standard InChI is InChI=1S/C20H38N4/c1-14(23-6-5-20(13-23)9-19(22)10-20)3-4-15(2)24-11-16-7-18(21)8-17(16)12-24/h14-19H,3-13,21-22H2,1-2H3. The van der Waals surface area contributed by atoms with E-state index in [1.54, 1.807) is 0 Å². The Morgan fingerprint density at radius 1 is 0.917 bits per heavy atom. The number of likely N-dealkylation sites (tertiary alicyclic amines) is 2. The number of rotatable bonds is 5. The normalized spacial score (nSPS) is 45.5. The molecule has 4 N–H and O–H groups in total. The molecule has 0 aromatic rings. The number of fused-ring (bicyclic) bond motifs is 1. The molecule has 4 rings (SSSR count). The first-order chi connectivity index (χ1) is 11.4. The molecule has 0 amide bonds. The Bertz CT molecular complexity index is 425. The third-order valence-corrected chi connectivity index (χ3v) is 7.92. The van der Waals surface area contributed by atoms with E-state index in [-0.39, 0.29) is 0 Å². The molecular weight excluding hydrogens is 296 g/mol. The predicted octanol–water partition coefficient (Wildman–Crippen LogP) is 2.03. The minimum Gasteiger partial charge on any atom is -0.328 e. The van der Waals surface area contributed by atoms with E-state index in [1.807, 2.05) is 0 Å². The fourth-order valence-corrected chi connectivity index (χ4v) is 6.32. The quantitative estimate of drug-likeness (QED) is 0.808. The third kappa shape index (κ3) is 3.27. The van der Waals surface area contributed by atoms with Crippen molar-refractivity contribution < 1.29 is 0 Å². The van der Waals surface area contributed by atoms with E-state index < -0.39 is 0 Å². The molecule has 4 fully saturated rings. The highest BCUT2D eigenvalue weighted by Gasteiger charge is 2.47. The van der Waals surface area contributed by atoms with Gasteiger partial charge in [-0.15, -0.1) is 0 Å². The van der Waals surface area contributed by atoms with Crippen molar-refractivity contribution in [3.63, 3.8) is 0 Å². The smallest absolute Gasteiger partial charge is 0.00677 e. The summed E-state index contributed by atoms with van der Waals surface area (Å²) in [6.07, 6.45) is 9.14. The Hall–Kier alpha value is -0.160. The van der Waals surface area contributed by atoms with Gasteiger partial charge in [0.1, 0.15) is 0 Å². The Labute approximate surface area is 148 Å². The Kier molecular flexibility index (Phi) is 4.70. The third-order valence-electron chi connectivity index (χ3n) is 7.92. The Morgan fingerprint density at radius 3 is 2.08 bits per heavy atom. The summed E-state index contributed by atoms with van der Waals surface area (Å²) < 4.78 is 0. The maximum absolute atomic E-state index is 6.13. The van der Waals surface area contributed by atoms with E-state index in [4.69, 9.17) is 11.5 Å². The lowest BCUT2D eigenvalue weighted by molar-refractivity contribution is 0.0990. The minimum absolute atomic E-state index is 0.486. The van der Waals surface area contributed by atoms with Crippen LogP contribution in [0.2, 0.25) is 0 Å². The molecular formula is C20H38N4. The molecule has 1 spiro atoms. The number of hydrogen-bond acceptors (Lipinski definition) is 4. The van der Waals surface area contributed by atoms with Gasteiger partial charge in [-0.05, 0) is 82.6 Å². The van der Waals surface area contributed by atoms with Crippen molar-refractivity contribution in [2.75, 3.05) is 26.2 Å². The summed E-state index contributed by atoms with van der Waals surface area (Å²) in [4.78, 5) is 5.50. The molecule has 4 aliphatic rings. The second-order valence-electron chi connectivity index (χ2n) is 9.87. The molecule has 2 saturated carbocycles. The van der Waals surface area contributed by atoms with E-state index in [0.717, 1.165) is 23.9 Å². The fourth-order valence-electron chi connectivity index (χ4n) is 6.32. The van der Waals surface area contributed by atoms with Crippen LogP contribution in [0.4, 0.5) is 0 Å². The summed E-state index contributed by atoms with van der Waals surface area (Å²) in [5, 5.41) is 0. The molecule has 0 radical (unpaired) electrons. The zero-order valence-corrected chi connectivity index (χ0v) is 15.8. The SMILES string of the molecule is CC(CCC(C)N1CCC2(CC(N)C2)C1)N1CC2CC(N)CC2C1. The first kappa shape index (κ1) is 17.3. The van der Waals surface area contributed by atoms with Crippen LogP contribution in [0, 0.1) is 17.3 Å². The van der Waals surface area contributed by atoms with E-state index >= 15 is 0 Å². The van der Waals surface area contributed by atoms with E-state index in [2.05, 4.69) is 23.6 Å². The molecule has 0 aromatic heterocycles. The van der Waals surface area contributed by atoms with Gasteiger partial charge < -0.3 is 21.3 Å². The molecule has 4 unspecified atom stereocenters. The highest BCUT2D eigenvalue weighted by molar-refractivity contribution is 5.02. The van der Waals surface area contributed by atoms with Crippen LogP contribution in [0.1, 0.15) is 58.8 Å². The van der Waals surface area contributed by atoms with Crippen LogP contribution in [0.3, 0.4) is 0 Å². The first-order valence-electron chi connectivity index (χ1n) is 10.4. The maximum Gasteiger partial charge on any atom is 0.00677 e. The van der Waals surface area contributed by atoms with Crippen LogP contribution < -0.4 is 11.5 Å². The van der Waals surface area contributed by atoms with Gasteiger partial charge in [-0.2, -0.15) is 0 Å². The maximum atomic E-state index is 6.13. The van der Waals surface area contributed by atoms with Gasteiger partial charge in [-0.1, -0.05) is 0 Å². The summed E-state index contributed by atoms with van der Waals surface area (Å²) in [5.41, 5.74) is 12.8. The van der Waals surface area contributed by atoms with Crippen molar-refractivity contribution in [3.8, 4) is 0 Å². The summed E-state index contributed by atoms with van der Waals surface area (Å²) in [6.45, 7) is 10.1. The van der Waals surface area contributed by atoms with Gasteiger partial charge >= 0.3 is 0 Å². The number of hydrogen-bond donors (Lipinski definition) is 2. The summed E-state index contributed by atoms with van der Waals surface area (Å²) in [7, 11) is 0. The van der Waals surface area contributed by atoms with E-state index in [9.17, 15) is 0 Å². The van der Waals surface area contributed by atoms with Crippen molar-refractivity contribution in [2.24, 2.45) is 28.7 Å². The lowest BCUT2D eigenvalue weighted by Crippen LogP contribution is -2.48. The molecule has 2 aliphatic carbocycles. The molecule has 24 heavy (non-hydrogen) atoms. The highest BCUT2D eigenvalue weighted by atomic mass is 15.2. The van der Waals surface area contributed by atoms with Gasteiger partial charge in [0.05, 0.1) is 0 Å². The van der Waals surface area contributed by atoms with Crippen molar-refractivity contribution in [2.45, 2.75) is 83.0 Å². The molecule has 4 atom stereocenters. The topological polar surface area (TPSA) is 58.5 Å². The highest BCUT2D eigenvalue weighted by Crippen LogP contribution is 2.48. The van der Waals surface area contributed by atoms with Crippen LogP contribution in [-0.4, -0.2) is 60.1 Å². The van der Waals surface area contributed by atoms with Crippen LogP contribution in [0.5, 0.6) is 0 Å². The minimum atomic E-state index is 0.486. The monoisotopic (exact) mass is 334 g/mol. The van der Waals surface area contributed by atoms with Gasteiger partial charge in [0, 0.05) is 43.8 Å². The summed E-state index contributed by atoms with van der Waals surface area (Å²) in [6, 6.07) is 2.45. The molecule has 0 aromatic carbocycles. The van der Waals surface area contributed by atoms with E-state index in [1.165, 1.54) is 71.1 Å².